The second kappa shape index (κ2) is 10.7. The second-order valence-electron chi connectivity index (χ2n) is 8.20. The smallest absolute Gasteiger partial charge is 0.336 e. The maximum absolute atomic E-state index is 14.6. The molecule has 0 saturated heterocycles. The Hall–Kier alpha value is -4.10. The molecule has 0 bridgehead atoms. The van der Waals surface area contributed by atoms with Crippen LogP contribution in [-0.2, 0) is 6.54 Å². The maximum atomic E-state index is 14.6. The van der Waals surface area contributed by atoms with Crippen LogP contribution in [0.15, 0.2) is 53.7 Å². The van der Waals surface area contributed by atoms with Gasteiger partial charge in [0.25, 0.3) is 0 Å². The van der Waals surface area contributed by atoms with Crippen LogP contribution in [0, 0.1) is 17.1 Å². The lowest BCUT2D eigenvalue weighted by Crippen LogP contribution is -2.13. The summed E-state index contributed by atoms with van der Waals surface area (Å²) in [6, 6.07) is 13.5. The summed E-state index contributed by atoms with van der Waals surface area (Å²) in [5, 5.41) is 23.0. The molecule has 36 heavy (non-hydrogen) atoms. The molecule has 0 aliphatic rings. The van der Waals surface area contributed by atoms with E-state index in [0.717, 1.165) is 5.56 Å². The van der Waals surface area contributed by atoms with E-state index in [1.807, 2.05) is 19.9 Å². The van der Waals surface area contributed by atoms with Crippen LogP contribution in [0.5, 0.6) is 5.75 Å². The summed E-state index contributed by atoms with van der Waals surface area (Å²) in [4.78, 5) is 20.9. The third kappa shape index (κ3) is 5.11. The fraction of sp³-hybridized carbons (Fsp3) is 0.231. The number of anilines is 1. The van der Waals surface area contributed by atoms with E-state index in [1.165, 1.54) is 37.3 Å². The number of benzene rings is 2. The van der Waals surface area contributed by atoms with Gasteiger partial charge >= 0.3 is 5.97 Å². The van der Waals surface area contributed by atoms with Gasteiger partial charge < -0.3 is 19.7 Å². The molecule has 184 valence electrons. The molecular weight excluding hydrogens is 481 g/mol. The Labute approximate surface area is 211 Å². The number of methoxy groups -OCH3 is 1. The molecule has 4 aromatic rings. The average molecular weight is 506 g/mol. The van der Waals surface area contributed by atoms with Crippen molar-refractivity contribution in [3.63, 3.8) is 0 Å². The zero-order valence-corrected chi connectivity index (χ0v) is 20.8. The number of nitrogens with zero attached hydrogens (tertiary/aromatic N) is 4. The predicted molar refractivity (Wildman–Crippen MR) is 137 cm³/mol. The second-order valence-corrected chi connectivity index (χ2v) is 9.82. The van der Waals surface area contributed by atoms with Crippen LogP contribution >= 0.6 is 11.8 Å². The summed E-state index contributed by atoms with van der Waals surface area (Å²) >= 11 is 1.48. The molecule has 2 heterocycles. The largest absolute Gasteiger partial charge is 0.496 e. The van der Waals surface area contributed by atoms with E-state index < -0.39 is 11.8 Å². The Balaban J connectivity index is 1.56. The molecule has 4 rings (SSSR count). The molecule has 2 aromatic carbocycles. The molecular formula is C26H24FN5O3S. The lowest BCUT2D eigenvalue weighted by Gasteiger charge is -2.12. The van der Waals surface area contributed by atoms with E-state index in [0.29, 0.717) is 51.8 Å². The number of hydrogen-bond acceptors (Lipinski definition) is 7. The Morgan fingerprint density at radius 2 is 2.06 bits per heavy atom. The number of aromatic carboxylic acids is 1. The molecule has 0 atom stereocenters. The average Bonchev–Trinajstić information content (AvgIpc) is 3.23. The molecule has 0 saturated carbocycles. The van der Waals surface area contributed by atoms with E-state index in [9.17, 15) is 19.6 Å². The first-order chi connectivity index (χ1) is 17.3. The summed E-state index contributed by atoms with van der Waals surface area (Å²) < 4.78 is 21.6. The van der Waals surface area contributed by atoms with Crippen LogP contribution < -0.4 is 10.1 Å². The molecule has 8 nitrogen and oxygen atoms in total. The van der Waals surface area contributed by atoms with Crippen molar-refractivity contribution in [3.8, 4) is 23.1 Å². The Bertz CT molecular complexity index is 1480. The number of nitriles is 1. The van der Waals surface area contributed by atoms with Crippen molar-refractivity contribution in [3.05, 3.63) is 65.9 Å². The van der Waals surface area contributed by atoms with Crippen molar-refractivity contribution in [2.24, 2.45) is 0 Å². The van der Waals surface area contributed by atoms with Gasteiger partial charge in [0.1, 0.15) is 35.5 Å². The predicted octanol–water partition coefficient (Wildman–Crippen LogP) is 5.43. The molecule has 0 fully saturated rings. The van der Waals surface area contributed by atoms with Crippen molar-refractivity contribution in [2.75, 3.05) is 19.0 Å². The van der Waals surface area contributed by atoms with Gasteiger partial charge in [0.2, 0.25) is 0 Å². The monoisotopic (exact) mass is 505 g/mol. The number of halogens is 1. The van der Waals surface area contributed by atoms with Gasteiger partial charge in [0.15, 0.2) is 0 Å². The van der Waals surface area contributed by atoms with Crippen molar-refractivity contribution < 1.29 is 19.0 Å². The van der Waals surface area contributed by atoms with Crippen LogP contribution in [0.4, 0.5) is 10.2 Å². The molecule has 0 amide bonds. The summed E-state index contributed by atoms with van der Waals surface area (Å²) in [6.45, 7) is 4.70. The van der Waals surface area contributed by atoms with Gasteiger partial charge in [-0.05, 0) is 30.3 Å². The van der Waals surface area contributed by atoms with Gasteiger partial charge in [-0.1, -0.05) is 19.9 Å². The van der Waals surface area contributed by atoms with E-state index >= 15 is 0 Å². The Kier molecular flexibility index (Phi) is 7.41. The first kappa shape index (κ1) is 25.0. The highest BCUT2D eigenvalue weighted by molar-refractivity contribution is 8.00. The quantitative estimate of drug-likeness (QED) is 0.290. The fourth-order valence-corrected chi connectivity index (χ4v) is 4.92. The van der Waals surface area contributed by atoms with Crippen molar-refractivity contribution in [2.45, 2.75) is 30.5 Å². The molecule has 0 radical (unpaired) electrons. The van der Waals surface area contributed by atoms with Gasteiger partial charge in [0, 0.05) is 40.3 Å². The number of ether oxygens (including phenoxy) is 1. The molecule has 2 aromatic heterocycles. The standard InChI is InChI=1S/C26H24FN5O3S/c1-15(2)36-23-10-16(4-5-18(23)26(33)34)21-12-24(31-14-30-21)29-8-9-32-17(13-28)11-19-22(35-3)7-6-20(27)25(19)32/h4-7,10-12,14-15H,8-9H2,1-3H3,(H,33,34)(H,29,30,31). The Morgan fingerprint density at radius 1 is 1.25 bits per heavy atom. The highest BCUT2D eigenvalue weighted by Crippen LogP contribution is 2.32. The van der Waals surface area contributed by atoms with Gasteiger partial charge in [-0.15, -0.1) is 11.8 Å². The number of carboxylic acid groups (broad SMARTS) is 1. The number of thioether (sulfide) groups is 1. The van der Waals surface area contributed by atoms with Crippen molar-refractivity contribution in [1.29, 1.82) is 5.26 Å². The van der Waals surface area contributed by atoms with Crippen LogP contribution in [0.3, 0.4) is 0 Å². The zero-order chi connectivity index (χ0) is 25.8. The molecule has 0 spiro atoms. The van der Waals surface area contributed by atoms with Gasteiger partial charge in [-0.25, -0.2) is 19.2 Å². The lowest BCUT2D eigenvalue weighted by molar-refractivity contribution is 0.0693. The normalized spacial score (nSPS) is 11.0. The van der Waals surface area contributed by atoms with Crippen LogP contribution in [0.2, 0.25) is 0 Å². The third-order valence-electron chi connectivity index (χ3n) is 5.48. The number of carbonyl (C=O) groups is 1. The van der Waals surface area contributed by atoms with E-state index in [1.54, 1.807) is 28.8 Å². The fourth-order valence-electron chi connectivity index (χ4n) is 3.93. The van der Waals surface area contributed by atoms with Gasteiger partial charge in [-0.3, -0.25) is 0 Å². The summed E-state index contributed by atoms with van der Waals surface area (Å²) in [5.74, 6) is -0.359. The topological polar surface area (TPSA) is 113 Å². The van der Waals surface area contributed by atoms with E-state index in [4.69, 9.17) is 4.74 Å². The highest BCUT2D eigenvalue weighted by Gasteiger charge is 2.17. The van der Waals surface area contributed by atoms with Crippen molar-refractivity contribution >= 4 is 34.5 Å². The Morgan fingerprint density at radius 3 is 2.75 bits per heavy atom. The molecule has 0 aliphatic heterocycles. The third-order valence-corrected chi connectivity index (χ3v) is 6.55. The van der Waals surface area contributed by atoms with E-state index in [-0.39, 0.29) is 10.8 Å². The first-order valence-electron chi connectivity index (χ1n) is 11.2. The van der Waals surface area contributed by atoms with Crippen molar-refractivity contribution in [1.82, 2.24) is 14.5 Å². The van der Waals surface area contributed by atoms with Gasteiger partial charge in [0.05, 0.1) is 23.9 Å². The summed E-state index contributed by atoms with van der Waals surface area (Å²) in [7, 11) is 1.50. The molecule has 0 aliphatic carbocycles. The van der Waals surface area contributed by atoms with Gasteiger partial charge in [-0.2, -0.15) is 5.26 Å². The molecule has 2 N–H and O–H groups in total. The minimum absolute atomic E-state index is 0.217. The number of rotatable bonds is 9. The zero-order valence-electron chi connectivity index (χ0n) is 19.9. The number of carboxylic acids is 1. The SMILES string of the molecule is COc1ccc(F)c2c1cc(C#N)n2CCNc1cc(-c2ccc(C(=O)O)c(SC(C)C)c2)ncn1. The number of fused-ring (bicyclic) bond motifs is 1. The molecule has 10 heteroatoms. The summed E-state index contributed by atoms with van der Waals surface area (Å²) in [5.41, 5.74) is 2.29. The molecule has 0 unspecified atom stereocenters. The highest BCUT2D eigenvalue weighted by atomic mass is 32.2. The van der Waals surface area contributed by atoms with Crippen LogP contribution in [0.25, 0.3) is 22.2 Å². The maximum Gasteiger partial charge on any atom is 0.336 e. The first-order valence-corrected chi connectivity index (χ1v) is 12.1. The number of aromatic nitrogens is 3. The number of nitrogens with one attached hydrogen (secondary N) is 1. The van der Waals surface area contributed by atoms with E-state index in [2.05, 4.69) is 21.4 Å². The number of hydrogen-bond donors (Lipinski definition) is 2. The van der Waals surface area contributed by atoms with Crippen LogP contribution in [-0.4, -0.2) is 44.5 Å². The minimum atomic E-state index is -0.974. The lowest BCUT2D eigenvalue weighted by atomic mass is 10.1. The minimum Gasteiger partial charge on any atom is -0.496 e. The summed E-state index contributed by atoms with van der Waals surface area (Å²) in [6.07, 6.45) is 1.42. The van der Waals surface area contributed by atoms with Crippen LogP contribution in [0.1, 0.15) is 29.9 Å².